The molecule has 1 aromatic carbocycles. The van der Waals surface area contributed by atoms with Crippen LogP contribution < -0.4 is 4.72 Å². The number of carbonyl (C=O) groups excluding carboxylic acids is 2. The van der Waals surface area contributed by atoms with E-state index in [0.717, 1.165) is 11.1 Å². The lowest BCUT2D eigenvalue weighted by Gasteiger charge is -2.27. The van der Waals surface area contributed by atoms with Gasteiger partial charge in [0.25, 0.3) is 0 Å². The van der Waals surface area contributed by atoms with Gasteiger partial charge in [0.1, 0.15) is 10.5 Å². The summed E-state index contributed by atoms with van der Waals surface area (Å²) in [5, 5.41) is 0.613. The molecule has 1 aliphatic heterocycles. The van der Waals surface area contributed by atoms with E-state index in [9.17, 15) is 18.0 Å². The number of hydrogen-bond acceptors (Lipinski definition) is 6. The molecule has 1 saturated heterocycles. The van der Waals surface area contributed by atoms with E-state index < -0.39 is 15.6 Å². The normalized spacial score (nSPS) is 27.9. The Morgan fingerprint density at radius 1 is 1.21 bits per heavy atom. The third kappa shape index (κ3) is 8.05. The van der Waals surface area contributed by atoms with Crippen LogP contribution in [0.5, 0.6) is 0 Å². The van der Waals surface area contributed by atoms with E-state index in [4.69, 9.17) is 16.3 Å². The molecular weight excluding hydrogens is 556 g/mol. The van der Waals surface area contributed by atoms with E-state index in [1.165, 1.54) is 6.08 Å². The van der Waals surface area contributed by atoms with Gasteiger partial charge < -0.3 is 14.4 Å². The van der Waals surface area contributed by atoms with Gasteiger partial charge in [-0.15, -0.1) is 12.6 Å². The van der Waals surface area contributed by atoms with Crippen LogP contribution in [-0.4, -0.2) is 57.4 Å². The van der Waals surface area contributed by atoms with E-state index in [1.54, 1.807) is 24.3 Å². The highest BCUT2D eigenvalue weighted by Gasteiger charge is 2.58. The standard InChI is InChI=1S/C29H33ClN2O5S2/c30-25-13-9-23(10-14-25)5-3-7-28(38)39(35,36)31-29(21-33)20-26(29)24-6-2-1-4-22(8-12-24)11-15-27(34)32-16-18-37-19-17-32/h1,3-10,12-14,21-22,26,31,38H,2,11,15-20H2/b4-1-,5-3+,12-8?,24-6+,28-7+. The molecule has 2 fully saturated rings. The number of allylic oxidation sites excluding steroid dienone is 7. The topological polar surface area (TPSA) is 92.8 Å². The number of rotatable bonds is 10. The Kier molecular flexibility index (Phi) is 10.1. The zero-order chi connectivity index (χ0) is 27.9. The lowest BCUT2D eigenvalue weighted by molar-refractivity contribution is -0.135. The minimum Gasteiger partial charge on any atom is -0.378 e. The first-order chi connectivity index (χ1) is 18.7. The number of aldehydes is 1. The van der Waals surface area contributed by atoms with Crippen molar-refractivity contribution in [3.05, 3.63) is 87.2 Å². The zero-order valence-electron chi connectivity index (χ0n) is 21.5. The molecule has 0 radical (unpaired) electrons. The Hall–Kier alpha value is -2.43. The predicted octanol–water partition coefficient (Wildman–Crippen LogP) is 4.70. The number of hydrogen-bond donors (Lipinski definition) is 2. The highest BCUT2D eigenvalue weighted by Crippen LogP contribution is 2.48. The third-order valence-electron chi connectivity index (χ3n) is 7.08. The smallest absolute Gasteiger partial charge is 0.247 e. The van der Waals surface area contributed by atoms with Crippen molar-refractivity contribution < 1.29 is 22.7 Å². The summed E-state index contributed by atoms with van der Waals surface area (Å²) in [6.45, 7) is 2.43. The average Bonchev–Trinajstić information content (AvgIpc) is 3.62. The van der Waals surface area contributed by atoms with Crippen LogP contribution in [0.3, 0.4) is 0 Å². The van der Waals surface area contributed by atoms with Gasteiger partial charge in [-0.3, -0.25) is 4.79 Å². The maximum Gasteiger partial charge on any atom is 0.247 e. The van der Waals surface area contributed by atoms with E-state index in [2.05, 4.69) is 23.4 Å². The second-order valence-corrected chi connectivity index (χ2v) is 12.7. The van der Waals surface area contributed by atoms with Crippen molar-refractivity contribution in [1.29, 1.82) is 0 Å². The molecular formula is C29H33ClN2O5S2. The third-order valence-corrected chi connectivity index (χ3v) is 9.54. The molecule has 1 saturated carbocycles. The maximum absolute atomic E-state index is 13.0. The molecule has 1 heterocycles. The molecule has 39 heavy (non-hydrogen) atoms. The molecule has 1 amide bonds. The van der Waals surface area contributed by atoms with Gasteiger partial charge in [0, 0.05) is 30.5 Å². The van der Waals surface area contributed by atoms with Gasteiger partial charge in [-0.05, 0) is 54.5 Å². The van der Waals surface area contributed by atoms with Gasteiger partial charge in [0.2, 0.25) is 15.9 Å². The number of carbonyl (C=O) groups is 2. The first-order valence-corrected chi connectivity index (χ1v) is 15.3. The minimum atomic E-state index is -4.00. The number of benzene rings is 1. The maximum atomic E-state index is 13.0. The average molecular weight is 589 g/mol. The number of amides is 1. The largest absolute Gasteiger partial charge is 0.378 e. The van der Waals surface area contributed by atoms with Crippen LogP contribution in [0.25, 0.3) is 6.08 Å². The van der Waals surface area contributed by atoms with Crippen LogP contribution in [0.15, 0.2) is 76.6 Å². The van der Waals surface area contributed by atoms with Gasteiger partial charge in [-0.1, -0.05) is 66.3 Å². The molecule has 3 aliphatic rings. The number of thiol groups is 1. The molecule has 1 aromatic rings. The fourth-order valence-corrected chi connectivity index (χ4v) is 6.19. The molecule has 3 atom stereocenters. The highest BCUT2D eigenvalue weighted by atomic mass is 35.5. The minimum absolute atomic E-state index is 0.0826. The predicted molar refractivity (Wildman–Crippen MR) is 158 cm³/mol. The Labute approximate surface area is 240 Å². The summed E-state index contributed by atoms with van der Waals surface area (Å²) in [6.07, 6.45) is 17.7. The van der Waals surface area contributed by atoms with Crippen molar-refractivity contribution in [3.63, 3.8) is 0 Å². The summed E-state index contributed by atoms with van der Waals surface area (Å²) in [5.41, 5.74) is 0.557. The lowest BCUT2D eigenvalue weighted by Crippen LogP contribution is -2.40. The van der Waals surface area contributed by atoms with Crippen molar-refractivity contribution in [2.45, 2.75) is 31.2 Å². The van der Waals surface area contributed by atoms with Gasteiger partial charge in [-0.25, -0.2) is 8.42 Å². The molecule has 1 N–H and O–H groups in total. The van der Waals surface area contributed by atoms with Crippen LogP contribution in [0.4, 0.5) is 0 Å². The van der Waals surface area contributed by atoms with Gasteiger partial charge in [0.05, 0.1) is 18.8 Å². The van der Waals surface area contributed by atoms with E-state index >= 15 is 0 Å². The van der Waals surface area contributed by atoms with E-state index in [1.807, 2.05) is 41.3 Å². The summed E-state index contributed by atoms with van der Waals surface area (Å²) >= 11 is 10.1. The molecule has 2 aliphatic carbocycles. The van der Waals surface area contributed by atoms with Crippen molar-refractivity contribution in [2.24, 2.45) is 11.8 Å². The van der Waals surface area contributed by atoms with Crippen LogP contribution in [0.1, 0.15) is 31.2 Å². The highest BCUT2D eigenvalue weighted by molar-refractivity contribution is 8.09. The Morgan fingerprint density at radius 3 is 2.67 bits per heavy atom. The van der Waals surface area contributed by atoms with Crippen LogP contribution in [-0.2, 0) is 24.3 Å². The Morgan fingerprint density at radius 2 is 1.95 bits per heavy atom. The monoisotopic (exact) mass is 588 g/mol. The summed E-state index contributed by atoms with van der Waals surface area (Å²) in [6, 6.07) is 7.11. The number of nitrogens with zero attached hydrogens (tertiary/aromatic N) is 1. The summed E-state index contributed by atoms with van der Waals surface area (Å²) < 4.78 is 33.6. The molecule has 3 unspecified atom stereocenters. The quantitative estimate of drug-likeness (QED) is 0.179. The van der Waals surface area contributed by atoms with Crippen LogP contribution in [0, 0.1) is 11.8 Å². The molecule has 0 aromatic heterocycles. The number of nitrogens with one attached hydrogen (secondary N) is 1. The summed E-state index contributed by atoms with van der Waals surface area (Å²) in [5.74, 6) is -0.0545. The second-order valence-electron chi connectivity index (χ2n) is 9.86. The SMILES string of the molecule is O=CC1(NS(=O)(=O)/C(S)=C/C=C/c2ccc(Cl)cc2)CC1/C1=C/C/C=C\C(CCC(=O)N2CCOCC2)C=C1. The molecule has 4 rings (SSSR count). The molecule has 0 bridgehead atoms. The second kappa shape index (κ2) is 13.3. The first kappa shape index (κ1) is 29.6. The van der Waals surface area contributed by atoms with Gasteiger partial charge >= 0.3 is 0 Å². The number of halogens is 1. The number of sulfonamides is 1. The molecule has 0 spiro atoms. The number of morpholine rings is 1. The van der Waals surface area contributed by atoms with Crippen molar-refractivity contribution in [2.75, 3.05) is 26.3 Å². The number of ether oxygens (including phenoxy) is 1. The van der Waals surface area contributed by atoms with Crippen molar-refractivity contribution >= 4 is 52.5 Å². The van der Waals surface area contributed by atoms with Crippen molar-refractivity contribution in [3.8, 4) is 0 Å². The lowest BCUT2D eigenvalue weighted by atomic mass is 9.95. The first-order valence-electron chi connectivity index (χ1n) is 13.0. The Balaban J connectivity index is 1.36. The van der Waals surface area contributed by atoms with Crippen LogP contribution in [0.2, 0.25) is 5.02 Å². The molecule has 208 valence electrons. The van der Waals surface area contributed by atoms with Crippen molar-refractivity contribution in [1.82, 2.24) is 9.62 Å². The van der Waals surface area contributed by atoms with E-state index in [0.29, 0.717) is 63.3 Å². The summed E-state index contributed by atoms with van der Waals surface area (Å²) in [7, 11) is -4.00. The van der Waals surface area contributed by atoms with Crippen LogP contribution >= 0.6 is 24.2 Å². The fraction of sp³-hybridized carbons (Fsp3) is 0.379. The van der Waals surface area contributed by atoms with E-state index in [-0.39, 0.29) is 22.0 Å². The van der Waals surface area contributed by atoms with Gasteiger partial charge in [0.15, 0.2) is 0 Å². The summed E-state index contributed by atoms with van der Waals surface area (Å²) in [4.78, 5) is 26.5. The molecule has 7 nitrogen and oxygen atoms in total. The molecule has 10 heteroatoms. The Bertz CT molecular complexity index is 1310. The van der Waals surface area contributed by atoms with Gasteiger partial charge in [-0.2, -0.15) is 4.72 Å². The fourth-order valence-electron chi connectivity index (χ4n) is 4.70. The zero-order valence-corrected chi connectivity index (χ0v) is 24.0.